The molecule has 2 heterocycles. The molecule has 0 spiro atoms. The second kappa shape index (κ2) is 13.3. The van der Waals surface area contributed by atoms with Gasteiger partial charge in [0.15, 0.2) is 5.96 Å². The third-order valence-corrected chi connectivity index (χ3v) is 5.99. The van der Waals surface area contributed by atoms with Gasteiger partial charge >= 0.3 is 0 Å². The Morgan fingerprint density at radius 3 is 2.72 bits per heavy atom. The zero-order chi connectivity index (χ0) is 22.2. The van der Waals surface area contributed by atoms with Gasteiger partial charge in [-0.25, -0.2) is 4.98 Å². The van der Waals surface area contributed by atoms with Gasteiger partial charge < -0.3 is 19.4 Å². The summed E-state index contributed by atoms with van der Waals surface area (Å²) in [6, 6.07) is 7.47. The van der Waals surface area contributed by atoms with E-state index in [4.69, 9.17) is 20.8 Å². The zero-order valence-corrected chi connectivity index (χ0v) is 22.5. The topological polar surface area (TPSA) is 66.1 Å². The van der Waals surface area contributed by atoms with Crippen molar-refractivity contribution in [1.29, 1.82) is 0 Å². The fourth-order valence-electron chi connectivity index (χ4n) is 3.73. The first-order valence-electron chi connectivity index (χ1n) is 10.9. The number of benzene rings is 1. The Morgan fingerprint density at radius 2 is 2.09 bits per heavy atom. The highest BCUT2D eigenvalue weighted by Gasteiger charge is 2.21. The molecule has 1 fully saturated rings. The van der Waals surface area contributed by atoms with Crippen LogP contribution in [-0.2, 0) is 6.54 Å². The molecule has 178 valence electrons. The van der Waals surface area contributed by atoms with Crippen LogP contribution in [0.15, 0.2) is 33.7 Å². The summed E-state index contributed by atoms with van der Waals surface area (Å²) in [5.41, 5.74) is 0.988. The number of likely N-dealkylation sites (tertiary alicyclic amines) is 1. The summed E-state index contributed by atoms with van der Waals surface area (Å²) in [4.78, 5) is 13.4. The number of nitrogens with zero attached hydrogens (tertiary/aromatic N) is 4. The molecule has 0 aliphatic carbocycles. The van der Waals surface area contributed by atoms with E-state index in [0.29, 0.717) is 17.5 Å². The average Bonchev–Trinajstić information content (AvgIpc) is 3.06. The van der Waals surface area contributed by atoms with Gasteiger partial charge in [-0.2, -0.15) is 0 Å². The lowest BCUT2D eigenvalue weighted by atomic mass is 9.97. The lowest BCUT2D eigenvalue weighted by Gasteiger charge is -2.32. The summed E-state index contributed by atoms with van der Waals surface area (Å²) in [6.45, 7) is 9.12. The monoisotopic (exact) mass is 575 g/mol. The molecule has 1 N–H and O–H groups in total. The van der Waals surface area contributed by atoms with Crippen molar-refractivity contribution in [2.75, 3.05) is 46.9 Å². The second-order valence-electron chi connectivity index (χ2n) is 8.12. The molecule has 32 heavy (non-hydrogen) atoms. The molecule has 9 heteroatoms. The van der Waals surface area contributed by atoms with Crippen LogP contribution in [-0.4, -0.2) is 67.6 Å². The molecule has 3 rings (SSSR count). The van der Waals surface area contributed by atoms with Gasteiger partial charge in [0.2, 0.25) is 5.89 Å². The first-order valence-corrected chi connectivity index (χ1v) is 11.3. The highest BCUT2D eigenvalue weighted by atomic mass is 127. The van der Waals surface area contributed by atoms with Crippen LogP contribution in [0.3, 0.4) is 0 Å². The number of hydrogen-bond donors (Lipinski definition) is 1. The van der Waals surface area contributed by atoms with E-state index >= 15 is 0 Å². The predicted molar refractivity (Wildman–Crippen MR) is 140 cm³/mol. The van der Waals surface area contributed by atoms with Gasteiger partial charge in [-0.3, -0.25) is 9.89 Å². The van der Waals surface area contributed by atoms with Gasteiger partial charge in [0, 0.05) is 25.7 Å². The number of nitrogens with one attached hydrogen (secondary N) is 1. The molecule has 0 unspecified atom stereocenters. The van der Waals surface area contributed by atoms with Crippen molar-refractivity contribution in [1.82, 2.24) is 20.1 Å². The number of rotatable bonds is 8. The van der Waals surface area contributed by atoms with E-state index < -0.39 is 0 Å². The van der Waals surface area contributed by atoms with Crippen LogP contribution in [0.1, 0.15) is 30.2 Å². The van der Waals surface area contributed by atoms with Crippen LogP contribution in [0.25, 0.3) is 0 Å². The first kappa shape index (κ1) is 26.7. The van der Waals surface area contributed by atoms with Crippen molar-refractivity contribution in [2.45, 2.75) is 33.2 Å². The number of piperidine rings is 1. The van der Waals surface area contributed by atoms with Crippen LogP contribution in [0.5, 0.6) is 5.75 Å². The van der Waals surface area contributed by atoms with E-state index in [-0.39, 0.29) is 24.0 Å². The molecule has 0 amide bonds. The molecule has 1 aromatic heterocycles. The van der Waals surface area contributed by atoms with Crippen molar-refractivity contribution in [2.24, 2.45) is 10.9 Å². The highest BCUT2D eigenvalue weighted by molar-refractivity contribution is 14.0. The van der Waals surface area contributed by atoms with E-state index in [1.165, 1.54) is 0 Å². The average molecular weight is 576 g/mol. The lowest BCUT2D eigenvalue weighted by Crippen LogP contribution is -2.44. The largest absolute Gasteiger partial charge is 0.492 e. The van der Waals surface area contributed by atoms with Gasteiger partial charge in [-0.05, 0) is 63.9 Å². The Labute approximate surface area is 213 Å². The smallest absolute Gasteiger partial charge is 0.208 e. The van der Waals surface area contributed by atoms with E-state index in [1.807, 2.05) is 52.2 Å². The summed E-state index contributed by atoms with van der Waals surface area (Å²) in [5.74, 6) is 4.06. The van der Waals surface area contributed by atoms with Crippen molar-refractivity contribution < 1.29 is 9.15 Å². The summed E-state index contributed by atoms with van der Waals surface area (Å²) < 4.78 is 11.5. The normalized spacial score (nSPS) is 15.3. The minimum absolute atomic E-state index is 0. The van der Waals surface area contributed by atoms with Gasteiger partial charge in [0.05, 0.1) is 18.8 Å². The third kappa shape index (κ3) is 8.12. The molecule has 0 radical (unpaired) electrons. The summed E-state index contributed by atoms with van der Waals surface area (Å²) >= 11 is 6.00. The Hall–Kier alpha value is -1.52. The SMILES string of the molecule is CN=C(NCC1CCN(Cc2nc(C)c(C)o2)CC1)N(C)CCOc1cccc(Cl)c1.I. The van der Waals surface area contributed by atoms with Crippen molar-refractivity contribution >= 4 is 41.5 Å². The summed E-state index contributed by atoms with van der Waals surface area (Å²) in [7, 11) is 3.85. The second-order valence-corrected chi connectivity index (χ2v) is 8.56. The van der Waals surface area contributed by atoms with Crippen LogP contribution in [0.2, 0.25) is 5.02 Å². The molecule has 7 nitrogen and oxygen atoms in total. The molecule has 1 aliphatic rings. The number of likely N-dealkylation sites (N-methyl/N-ethyl adjacent to an activating group) is 1. The predicted octanol–water partition coefficient (Wildman–Crippen LogP) is 4.36. The maximum absolute atomic E-state index is 6.00. The Kier molecular flexibility index (Phi) is 11.1. The maximum atomic E-state index is 6.00. The number of aryl methyl sites for hydroxylation is 2. The fourth-order valence-corrected chi connectivity index (χ4v) is 3.91. The maximum Gasteiger partial charge on any atom is 0.208 e. The van der Waals surface area contributed by atoms with E-state index in [9.17, 15) is 0 Å². The molecular formula is C23H35ClIN5O2. The molecule has 0 saturated carbocycles. The molecule has 1 aliphatic heterocycles. The van der Waals surface area contributed by atoms with Crippen molar-refractivity contribution in [3.63, 3.8) is 0 Å². The number of oxazole rings is 1. The van der Waals surface area contributed by atoms with Crippen LogP contribution in [0.4, 0.5) is 0 Å². The van der Waals surface area contributed by atoms with Gasteiger partial charge in [-0.15, -0.1) is 24.0 Å². The number of aliphatic imine (C=N–C) groups is 1. The molecular weight excluding hydrogens is 541 g/mol. The molecule has 0 bridgehead atoms. The lowest BCUT2D eigenvalue weighted by molar-refractivity contribution is 0.163. The number of halogens is 2. The fraction of sp³-hybridized carbons (Fsp3) is 0.565. The van der Waals surface area contributed by atoms with E-state index in [0.717, 1.165) is 74.6 Å². The summed E-state index contributed by atoms with van der Waals surface area (Å²) in [5, 5.41) is 4.20. The van der Waals surface area contributed by atoms with Crippen LogP contribution >= 0.6 is 35.6 Å². The Balaban J connectivity index is 0.00000363. The summed E-state index contributed by atoms with van der Waals surface area (Å²) in [6.07, 6.45) is 2.31. The van der Waals surface area contributed by atoms with Gasteiger partial charge in [-0.1, -0.05) is 17.7 Å². The van der Waals surface area contributed by atoms with Crippen LogP contribution in [0, 0.1) is 19.8 Å². The highest BCUT2D eigenvalue weighted by Crippen LogP contribution is 2.19. The number of hydrogen-bond acceptors (Lipinski definition) is 5. The third-order valence-electron chi connectivity index (χ3n) is 5.75. The minimum atomic E-state index is 0. The Morgan fingerprint density at radius 1 is 1.34 bits per heavy atom. The standard InChI is InChI=1S/C23H34ClN5O2.HI/c1-17-18(2)31-22(27-17)16-29-10-8-19(9-11-29)15-26-23(25-3)28(4)12-13-30-21-7-5-6-20(24)14-21;/h5-7,14,19H,8-13,15-16H2,1-4H3,(H,25,26);1H. The van der Waals surface area contributed by atoms with E-state index in [1.54, 1.807) is 0 Å². The van der Waals surface area contributed by atoms with Crippen molar-refractivity contribution in [3.8, 4) is 5.75 Å². The molecule has 2 aromatic rings. The molecule has 1 aromatic carbocycles. The van der Waals surface area contributed by atoms with Gasteiger partial charge in [0.1, 0.15) is 18.1 Å². The zero-order valence-electron chi connectivity index (χ0n) is 19.4. The minimum Gasteiger partial charge on any atom is -0.492 e. The Bertz CT molecular complexity index is 848. The van der Waals surface area contributed by atoms with Crippen molar-refractivity contribution in [3.05, 3.63) is 46.6 Å². The van der Waals surface area contributed by atoms with E-state index in [2.05, 4.69) is 25.1 Å². The number of aromatic nitrogens is 1. The number of ether oxygens (including phenoxy) is 1. The molecule has 0 atom stereocenters. The molecule has 1 saturated heterocycles. The van der Waals surface area contributed by atoms with Gasteiger partial charge in [0.25, 0.3) is 0 Å². The quantitative estimate of drug-likeness (QED) is 0.287. The van der Waals surface area contributed by atoms with Crippen LogP contribution < -0.4 is 10.1 Å². The first-order chi connectivity index (χ1) is 14.9. The number of guanidine groups is 1.